The van der Waals surface area contributed by atoms with E-state index in [2.05, 4.69) is 25.4 Å². The van der Waals surface area contributed by atoms with E-state index >= 15 is 0 Å². The van der Waals surface area contributed by atoms with Gasteiger partial charge in [-0.15, -0.1) is 11.3 Å². The Kier molecular flexibility index (Phi) is 6.02. The zero-order valence-electron chi connectivity index (χ0n) is 18.1. The van der Waals surface area contributed by atoms with Crippen LogP contribution < -0.4 is 0 Å². The van der Waals surface area contributed by atoms with E-state index in [4.69, 9.17) is 4.74 Å². The van der Waals surface area contributed by atoms with Crippen molar-refractivity contribution in [3.63, 3.8) is 0 Å². The van der Waals surface area contributed by atoms with Crippen LogP contribution in [0.4, 0.5) is 8.78 Å². The van der Waals surface area contributed by atoms with Gasteiger partial charge in [-0.3, -0.25) is 4.79 Å². The second kappa shape index (κ2) is 9.12. The minimum absolute atomic E-state index is 0.0166. The lowest BCUT2D eigenvalue weighted by Crippen LogP contribution is -2.32. The van der Waals surface area contributed by atoms with Gasteiger partial charge in [0.2, 0.25) is 5.91 Å². The molecule has 5 rings (SSSR count). The van der Waals surface area contributed by atoms with Gasteiger partial charge in [0, 0.05) is 18.7 Å². The van der Waals surface area contributed by atoms with Gasteiger partial charge in [0.05, 0.1) is 34.7 Å². The fourth-order valence-electron chi connectivity index (χ4n) is 3.87. The highest BCUT2D eigenvalue weighted by Gasteiger charge is 2.24. The second-order valence-corrected chi connectivity index (χ2v) is 9.03. The summed E-state index contributed by atoms with van der Waals surface area (Å²) in [6.45, 7) is 2.74. The number of aromatic nitrogens is 5. The Hall–Kier alpha value is -3.35. The number of β-amino-alcohol motifs (C(OH)–C–C–N with tert-alkyl or cyclic N) is 1. The quantitative estimate of drug-likeness (QED) is 0.430. The van der Waals surface area contributed by atoms with Crippen LogP contribution in [0.25, 0.3) is 32.9 Å². The number of thiazole rings is 1. The van der Waals surface area contributed by atoms with Crippen molar-refractivity contribution in [1.82, 2.24) is 30.3 Å². The predicted molar refractivity (Wildman–Crippen MR) is 120 cm³/mol. The molecule has 0 radical (unpaired) electrons. The number of halogens is 2. The first-order chi connectivity index (χ1) is 16.4. The molecule has 176 valence electrons. The van der Waals surface area contributed by atoms with Crippen molar-refractivity contribution in [2.45, 2.75) is 26.1 Å². The molecule has 0 bridgehead atoms. The number of nitrogens with one attached hydrogen (secondary N) is 1. The van der Waals surface area contributed by atoms with E-state index in [1.54, 1.807) is 23.1 Å². The molecule has 1 aliphatic heterocycles. The number of hydrogen-bond acceptors (Lipinski definition) is 8. The van der Waals surface area contributed by atoms with Crippen molar-refractivity contribution < 1.29 is 23.4 Å². The summed E-state index contributed by atoms with van der Waals surface area (Å²) in [7, 11) is 0. The van der Waals surface area contributed by atoms with Crippen LogP contribution in [-0.2, 0) is 16.1 Å². The van der Waals surface area contributed by atoms with Crippen LogP contribution in [0.3, 0.4) is 0 Å². The number of carbonyl (C=O) groups excluding carboxylic acids is 1. The van der Waals surface area contributed by atoms with E-state index in [0.717, 1.165) is 10.9 Å². The summed E-state index contributed by atoms with van der Waals surface area (Å²) < 4.78 is 34.8. The number of likely N-dealkylation sites (tertiary alicyclic amines) is 1. The number of carbonyl (C=O) groups is 1. The monoisotopic (exact) mass is 486 g/mol. The van der Waals surface area contributed by atoms with E-state index in [1.165, 1.54) is 11.3 Å². The van der Waals surface area contributed by atoms with Crippen LogP contribution in [0.5, 0.6) is 0 Å². The summed E-state index contributed by atoms with van der Waals surface area (Å²) in [6.07, 6.45) is 0.106. The Morgan fingerprint density at radius 2 is 2.06 bits per heavy atom. The lowest BCUT2D eigenvalue weighted by Gasteiger charge is -2.14. The molecule has 0 saturated carbocycles. The first-order valence-electron chi connectivity index (χ1n) is 10.6. The number of aliphatic hydroxyl groups is 1. The van der Waals surface area contributed by atoms with Crippen LogP contribution in [-0.4, -0.2) is 67.1 Å². The third-order valence-electron chi connectivity index (χ3n) is 5.56. The highest BCUT2D eigenvalue weighted by atomic mass is 32.1. The molecule has 9 nitrogen and oxygen atoms in total. The Morgan fingerprint density at radius 3 is 2.85 bits per heavy atom. The topological polar surface area (TPSA) is 117 Å². The van der Waals surface area contributed by atoms with Gasteiger partial charge in [-0.25, -0.2) is 18.7 Å². The fourth-order valence-corrected chi connectivity index (χ4v) is 4.84. The van der Waals surface area contributed by atoms with Crippen molar-refractivity contribution in [3.8, 4) is 21.8 Å². The van der Waals surface area contributed by atoms with E-state index in [1.807, 2.05) is 6.92 Å². The lowest BCUT2D eigenvalue weighted by atomic mass is 10.1. The number of nitrogens with zero attached hydrogens (tertiary/aromatic N) is 5. The maximum absolute atomic E-state index is 14.9. The van der Waals surface area contributed by atoms with Gasteiger partial charge >= 0.3 is 0 Å². The smallest absolute Gasteiger partial charge is 0.248 e. The van der Waals surface area contributed by atoms with Crippen LogP contribution in [0.1, 0.15) is 17.1 Å². The number of aryl methyl sites for hydroxylation is 1. The number of aromatic amines is 1. The van der Waals surface area contributed by atoms with Crippen molar-refractivity contribution >= 4 is 28.3 Å². The molecule has 1 amide bonds. The van der Waals surface area contributed by atoms with Crippen molar-refractivity contribution in [3.05, 3.63) is 46.6 Å². The number of aliphatic hydroxyl groups excluding tert-OH is 1. The zero-order chi connectivity index (χ0) is 23.8. The number of benzene rings is 1. The summed E-state index contributed by atoms with van der Waals surface area (Å²) in [6, 6.07) is 6.12. The maximum atomic E-state index is 14.9. The number of hydrogen-bond donors (Lipinski definition) is 2. The van der Waals surface area contributed by atoms with Gasteiger partial charge < -0.3 is 14.7 Å². The van der Waals surface area contributed by atoms with Crippen LogP contribution >= 0.6 is 11.3 Å². The standard InChI is InChI=1S/C22H20F2N6O3S/c1-11-22(34-17(25-11)9-33-10-18(32)30-6-5-12(31)8-30)16-4-2-3-15(26-16)13-7-14(23)20-21(19(13)24)28-29-27-20/h2-4,7,12,31H,5-6,8-10H2,1H3,(H,27,28,29). The average molecular weight is 487 g/mol. The summed E-state index contributed by atoms with van der Waals surface area (Å²) in [5.74, 6) is -1.57. The molecule has 1 unspecified atom stereocenters. The van der Waals surface area contributed by atoms with Crippen molar-refractivity contribution in [2.24, 2.45) is 0 Å². The SMILES string of the molecule is Cc1nc(COCC(=O)N2CCC(O)C2)sc1-c1cccc(-c2cc(F)c3n[nH]nc3c2F)n1. The number of pyridine rings is 1. The largest absolute Gasteiger partial charge is 0.391 e. The molecule has 12 heteroatoms. The molecule has 0 spiro atoms. The Morgan fingerprint density at radius 1 is 1.26 bits per heavy atom. The Labute approximate surface area is 196 Å². The van der Waals surface area contributed by atoms with E-state index in [-0.39, 0.29) is 41.4 Å². The maximum Gasteiger partial charge on any atom is 0.248 e. The first-order valence-corrected chi connectivity index (χ1v) is 11.4. The minimum Gasteiger partial charge on any atom is -0.391 e. The van der Waals surface area contributed by atoms with E-state index in [9.17, 15) is 18.7 Å². The molecule has 1 fully saturated rings. The van der Waals surface area contributed by atoms with Crippen LogP contribution in [0.15, 0.2) is 24.3 Å². The number of rotatable bonds is 6. The third kappa shape index (κ3) is 4.27. The Balaban J connectivity index is 1.33. The summed E-state index contributed by atoms with van der Waals surface area (Å²) in [5.41, 5.74) is 1.15. The van der Waals surface area contributed by atoms with Gasteiger partial charge in [0.15, 0.2) is 22.7 Å². The molecule has 0 aliphatic carbocycles. The molecule has 1 aromatic carbocycles. The molecule has 1 aliphatic rings. The number of H-pyrrole nitrogens is 1. The summed E-state index contributed by atoms with van der Waals surface area (Å²) in [5, 5.41) is 19.8. The minimum atomic E-state index is -0.708. The Bertz CT molecular complexity index is 1370. The van der Waals surface area contributed by atoms with Crippen LogP contribution in [0.2, 0.25) is 0 Å². The molecule has 1 saturated heterocycles. The molecule has 3 aromatic heterocycles. The van der Waals surface area contributed by atoms with Crippen molar-refractivity contribution in [1.29, 1.82) is 0 Å². The third-order valence-corrected chi connectivity index (χ3v) is 6.71. The lowest BCUT2D eigenvalue weighted by molar-refractivity contribution is -0.135. The molecule has 4 heterocycles. The molecule has 1 atom stereocenters. The van der Waals surface area contributed by atoms with Gasteiger partial charge in [0.25, 0.3) is 0 Å². The highest BCUT2D eigenvalue weighted by Crippen LogP contribution is 2.33. The average Bonchev–Trinajstić information content (AvgIpc) is 3.56. The molecule has 2 N–H and O–H groups in total. The van der Waals surface area contributed by atoms with Gasteiger partial charge in [-0.05, 0) is 31.5 Å². The predicted octanol–water partition coefficient (Wildman–Crippen LogP) is 2.84. The second-order valence-electron chi connectivity index (χ2n) is 7.95. The first kappa shape index (κ1) is 22.4. The molecular formula is C22H20F2N6O3S. The van der Waals surface area contributed by atoms with E-state index in [0.29, 0.717) is 35.9 Å². The fraction of sp³-hybridized carbons (Fsp3) is 0.318. The molecule has 4 aromatic rings. The molecule has 34 heavy (non-hydrogen) atoms. The summed E-state index contributed by atoms with van der Waals surface area (Å²) >= 11 is 1.35. The van der Waals surface area contributed by atoms with Crippen LogP contribution in [0, 0.1) is 18.6 Å². The van der Waals surface area contributed by atoms with Crippen molar-refractivity contribution in [2.75, 3.05) is 19.7 Å². The van der Waals surface area contributed by atoms with Gasteiger partial charge in [0.1, 0.15) is 11.6 Å². The van der Waals surface area contributed by atoms with E-state index < -0.39 is 17.7 Å². The molecular weight excluding hydrogens is 466 g/mol. The summed E-state index contributed by atoms with van der Waals surface area (Å²) in [4.78, 5) is 23.5. The van der Waals surface area contributed by atoms with Gasteiger partial charge in [-0.1, -0.05) is 6.07 Å². The highest BCUT2D eigenvalue weighted by molar-refractivity contribution is 7.15. The number of fused-ring (bicyclic) bond motifs is 1. The normalized spacial score (nSPS) is 16.0. The van der Waals surface area contributed by atoms with Gasteiger partial charge in [-0.2, -0.15) is 15.4 Å². The zero-order valence-corrected chi connectivity index (χ0v) is 18.9. The number of amides is 1. The number of ether oxygens (including phenoxy) is 1.